The molecule has 0 N–H and O–H groups in total. The molecule has 19 heavy (non-hydrogen) atoms. The van der Waals surface area contributed by atoms with E-state index in [1.54, 1.807) is 0 Å². The summed E-state index contributed by atoms with van der Waals surface area (Å²) in [6.07, 6.45) is 2.43. The van der Waals surface area contributed by atoms with Crippen LogP contribution in [0.25, 0.3) is 0 Å². The van der Waals surface area contributed by atoms with Crippen LogP contribution < -0.4 is 0 Å². The van der Waals surface area contributed by atoms with Gasteiger partial charge in [-0.25, -0.2) is 0 Å². The van der Waals surface area contributed by atoms with Gasteiger partial charge in [-0.1, -0.05) is 0 Å². The number of amides is 1. The molecule has 0 aliphatic carbocycles. The van der Waals surface area contributed by atoms with Crippen molar-refractivity contribution in [3.05, 3.63) is 0 Å². The summed E-state index contributed by atoms with van der Waals surface area (Å²) in [7, 11) is 0. The number of rotatable bonds is 3. The first kappa shape index (κ1) is 14.3. The average Bonchev–Trinajstić information content (AvgIpc) is 2.85. The first-order valence-electron chi connectivity index (χ1n) is 7.18. The number of nitrogens with zero attached hydrogens (tertiary/aromatic N) is 1. The van der Waals surface area contributed by atoms with Crippen LogP contribution in [0.5, 0.6) is 0 Å². The molecule has 0 aromatic carbocycles. The third-order valence-corrected chi connectivity index (χ3v) is 3.97. The van der Waals surface area contributed by atoms with Crippen LogP contribution in [0, 0.1) is 11.8 Å². The standard InChI is InChI=1S/C14H23NO4/c1-3-18-14(17)11-4-6-15(7-5-11)13(16)12-8-10(2)19-9-12/h10-12H,3-9H2,1-2H3. The molecule has 2 heterocycles. The van der Waals surface area contributed by atoms with E-state index < -0.39 is 0 Å². The van der Waals surface area contributed by atoms with Crippen LogP contribution in [0.2, 0.25) is 0 Å². The van der Waals surface area contributed by atoms with Crippen molar-refractivity contribution < 1.29 is 19.1 Å². The summed E-state index contributed by atoms with van der Waals surface area (Å²) in [5.74, 6) is 0.0379. The molecule has 5 nitrogen and oxygen atoms in total. The van der Waals surface area contributed by atoms with Gasteiger partial charge >= 0.3 is 5.97 Å². The minimum absolute atomic E-state index is 0.00847. The molecule has 0 bridgehead atoms. The molecule has 5 heteroatoms. The Labute approximate surface area is 114 Å². The highest BCUT2D eigenvalue weighted by Gasteiger charge is 2.34. The Balaban J connectivity index is 1.79. The van der Waals surface area contributed by atoms with E-state index in [1.807, 2.05) is 18.7 Å². The summed E-state index contributed by atoms with van der Waals surface area (Å²) < 4.78 is 10.5. The Morgan fingerprint density at radius 1 is 1.26 bits per heavy atom. The fourth-order valence-electron chi connectivity index (χ4n) is 2.84. The first-order valence-corrected chi connectivity index (χ1v) is 7.18. The smallest absolute Gasteiger partial charge is 0.309 e. The topological polar surface area (TPSA) is 55.8 Å². The molecule has 2 saturated heterocycles. The molecular weight excluding hydrogens is 246 g/mol. The van der Waals surface area contributed by atoms with Crippen molar-refractivity contribution in [3.8, 4) is 0 Å². The van der Waals surface area contributed by atoms with Gasteiger partial charge in [0.05, 0.1) is 31.2 Å². The van der Waals surface area contributed by atoms with Gasteiger partial charge < -0.3 is 14.4 Å². The van der Waals surface area contributed by atoms with Crippen LogP contribution in [-0.4, -0.2) is 49.2 Å². The molecule has 2 atom stereocenters. The lowest BCUT2D eigenvalue weighted by molar-refractivity contribution is -0.151. The maximum absolute atomic E-state index is 12.3. The van der Waals surface area contributed by atoms with Gasteiger partial charge in [-0.05, 0) is 33.1 Å². The number of ether oxygens (including phenoxy) is 2. The van der Waals surface area contributed by atoms with Crippen molar-refractivity contribution in [2.24, 2.45) is 11.8 Å². The van der Waals surface area contributed by atoms with Gasteiger partial charge in [0, 0.05) is 13.1 Å². The van der Waals surface area contributed by atoms with Gasteiger partial charge in [0.15, 0.2) is 0 Å². The fourth-order valence-corrected chi connectivity index (χ4v) is 2.84. The molecule has 0 aromatic rings. The monoisotopic (exact) mass is 269 g/mol. The van der Waals surface area contributed by atoms with Crippen LogP contribution in [0.3, 0.4) is 0 Å². The van der Waals surface area contributed by atoms with Crippen LogP contribution in [0.1, 0.15) is 33.1 Å². The SMILES string of the molecule is CCOC(=O)C1CCN(C(=O)C2COC(C)C2)CC1. The van der Waals surface area contributed by atoms with Crippen molar-refractivity contribution in [2.45, 2.75) is 39.2 Å². The van der Waals surface area contributed by atoms with Crippen LogP contribution in [0.4, 0.5) is 0 Å². The highest BCUT2D eigenvalue weighted by Crippen LogP contribution is 2.25. The van der Waals surface area contributed by atoms with E-state index in [-0.39, 0.29) is 29.8 Å². The molecule has 2 aliphatic rings. The van der Waals surface area contributed by atoms with Crippen molar-refractivity contribution >= 4 is 11.9 Å². The Morgan fingerprint density at radius 2 is 1.95 bits per heavy atom. The summed E-state index contributed by atoms with van der Waals surface area (Å²) in [5.41, 5.74) is 0. The molecule has 2 rings (SSSR count). The van der Waals surface area contributed by atoms with E-state index in [0.29, 0.717) is 39.1 Å². The normalized spacial score (nSPS) is 28.4. The van der Waals surface area contributed by atoms with Crippen LogP contribution >= 0.6 is 0 Å². The molecule has 0 aromatic heterocycles. The summed E-state index contributed by atoms with van der Waals surface area (Å²) in [6, 6.07) is 0. The van der Waals surface area contributed by atoms with Crippen molar-refractivity contribution in [1.82, 2.24) is 4.90 Å². The quantitative estimate of drug-likeness (QED) is 0.723. The second-order valence-corrected chi connectivity index (χ2v) is 5.43. The van der Waals surface area contributed by atoms with E-state index in [0.717, 1.165) is 6.42 Å². The predicted octanol–water partition coefficient (Wildman–Crippen LogP) is 1.21. The third-order valence-electron chi connectivity index (χ3n) is 3.97. The number of hydrogen-bond acceptors (Lipinski definition) is 4. The minimum Gasteiger partial charge on any atom is -0.466 e. The molecule has 0 radical (unpaired) electrons. The highest BCUT2D eigenvalue weighted by atomic mass is 16.5. The maximum atomic E-state index is 12.3. The molecule has 0 saturated carbocycles. The minimum atomic E-state index is -0.118. The van der Waals surface area contributed by atoms with Crippen LogP contribution in [-0.2, 0) is 19.1 Å². The lowest BCUT2D eigenvalue weighted by Gasteiger charge is -2.32. The number of carbonyl (C=O) groups is 2. The molecule has 2 aliphatic heterocycles. The van der Waals surface area contributed by atoms with Gasteiger partial charge in [0.25, 0.3) is 0 Å². The summed E-state index contributed by atoms with van der Waals surface area (Å²) in [6.45, 7) is 6.10. The third kappa shape index (κ3) is 3.47. The zero-order valence-corrected chi connectivity index (χ0v) is 11.8. The fraction of sp³-hybridized carbons (Fsp3) is 0.857. The molecule has 2 unspecified atom stereocenters. The number of hydrogen-bond donors (Lipinski definition) is 0. The average molecular weight is 269 g/mol. The van der Waals surface area contributed by atoms with E-state index in [1.165, 1.54) is 0 Å². The number of piperidine rings is 1. The largest absolute Gasteiger partial charge is 0.466 e. The van der Waals surface area contributed by atoms with Crippen molar-refractivity contribution in [1.29, 1.82) is 0 Å². The molecule has 1 amide bonds. The van der Waals surface area contributed by atoms with Gasteiger partial charge in [0.2, 0.25) is 5.91 Å². The number of esters is 1. The highest BCUT2D eigenvalue weighted by molar-refractivity contribution is 5.80. The Morgan fingerprint density at radius 3 is 2.47 bits per heavy atom. The molecule has 108 valence electrons. The number of likely N-dealkylation sites (tertiary alicyclic amines) is 1. The zero-order valence-electron chi connectivity index (χ0n) is 11.8. The van der Waals surface area contributed by atoms with Crippen molar-refractivity contribution in [3.63, 3.8) is 0 Å². The maximum Gasteiger partial charge on any atom is 0.309 e. The Bertz CT molecular complexity index is 336. The van der Waals surface area contributed by atoms with Gasteiger partial charge in [0.1, 0.15) is 0 Å². The number of carbonyl (C=O) groups excluding carboxylic acids is 2. The molecular formula is C14H23NO4. The predicted molar refractivity (Wildman–Crippen MR) is 69.5 cm³/mol. The van der Waals surface area contributed by atoms with E-state index in [4.69, 9.17) is 9.47 Å². The van der Waals surface area contributed by atoms with Gasteiger partial charge in [-0.3, -0.25) is 9.59 Å². The van der Waals surface area contributed by atoms with E-state index in [2.05, 4.69) is 0 Å². The molecule has 2 fully saturated rings. The van der Waals surface area contributed by atoms with Crippen LogP contribution in [0.15, 0.2) is 0 Å². The van der Waals surface area contributed by atoms with E-state index in [9.17, 15) is 9.59 Å². The lowest BCUT2D eigenvalue weighted by atomic mass is 9.95. The van der Waals surface area contributed by atoms with Gasteiger partial charge in [-0.15, -0.1) is 0 Å². The van der Waals surface area contributed by atoms with E-state index >= 15 is 0 Å². The lowest BCUT2D eigenvalue weighted by Crippen LogP contribution is -2.43. The second-order valence-electron chi connectivity index (χ2n) is 5.43. The zero-order chi connectivity index (χ0) is 13.8. The Kier molecular flexibility index (Phi) is 4.80. The summed E-state index contributed by atoms with van der Waals surface area (Å²) >= 11 is 0. The van der Waals surface area contributed by atoms with Gasteiger partial charge in [-0.2, -0.15) is 0 Å². The molecule has 0 spiro atoms. The first-order chi connectivity index (χ1) is 9.11. The summed E-state index contributed by atoms with van der Waals surface area (Å²) in [5, 5.41) is 0. The Hall–Kier alpha value is -1.10. The van der Waals surface area contributed by atoms with Crippen molar-refractivity contribution in [2.75, 3.05) is 26.3 Å². The summed E-state index contributed by atoms with van der Waals surface area (Å²) in [4.78, 5) is 25.8. The second kappa shape index (κ2) is 6.37.